The number of carboxylic acids is 1. The maximum absolute atomic E-state index is 11.8. The molecule has 2 amide bonds. The molecule has 7 heteroatoms. The summed E-state index contributed by atoms with van der Waals surface area (Å²) >= 11 is 0. The maximum Gasteiger partial charge on any atom is 0.326 e. The monoisotopic (exact) mass is 280 g/mol. The highest BCUT2D eigenvalue weighted by Crippen LogP contribution is 2.12. The largest absolute Gasteiger partial charge is 0.480 e. The lowest BCUT2D eigenvalue weighted by atomic mass is 10.1. The Morgan fingerprint density at radius 1 is 1.20 bits per heavy atom. The molecule has 0 radical (unpaired) electrons. The minimum atomic E-state index is -1.47. The Balaban J connectivity index is 2.66. The van der Waals surface area contributed by atoms with Crippen molar-refractivity contribution < 1.29 is 24.6 Å². The Morgan fingerprint density at radius 2 is 1.80 bits per heavy atom. The quantitative estimate of drug-likeness (QED) is 0.537. The van der Waals surface area contributed by atoms with Gasteiger partial charge in [0, 0.05) is 6.42 Å². The molecule has 5 N–H and O–H groups in total. The Labute approximate surface area is 115 Å². The van der Waals surface area contributed by atoms with Gasteiger partial charge in [-0.15, -0.1) is 0 Å². The van der Waals surface area contributed by atoms with Crippen LogP contribution in [0.3, 0.4) is 0 Å². The van der Waals surface area contributed by atoms with Gasteiger partial charge in [0.25, 0.3) is 5.91 Å². The SMILES string of the molecule is NC(=O)CCC(NC(=O)C(O)c1ccccc1)C(=O)O. The Morgan fingerprint density at radius 3 is 2.30 bits per heavy atom. The second-order valence-corrected chi connectivity index (χ2v) is 4.22. The number of aliphatic hydroxyl groups excluding tert-OH is 1. The Kier molecular flexibility index (Phi) is 5.67. The lowest BCUT2D eigenvalue weighted by Gasteiger charge is -2.17. The second kappa shape index (κ2) is 7.25. The van der Waals surface area contributed by atoms with Gasteiger partial charge < -0.3 is 21.3 Å². The second-order valence-electron chi connectivity index (χ2n) is 4.22. The summed E-state index contributed by atoms with van der Waals surface area (Å²) in [4.78, 5) is 33.4. The molecular formula is C13H16N2O5. The van der Waals surface area contributed by atoms with Crippen molar-refractivity contribution >= 4 is 17.8 Å². The zero-order valence-corrected chi connectivity index (χ0v) is 10.7. The molecule has 20 heavy (non-hydrogen) atoms. The summed E-state index contributed by atoms with van der Waals surface area (Å²) in [5.74, 6) is -2.79. The summed E-state index contributed by atoms with van der Waals surface area (Å²) in [5.41, 5.74) is 5.28. The Bertz CT molecular complexity index is 489. The van der Waals surface area contributed by atoms with Gasteiger partial charge in [0.15, 0.2) is 6.10 Å². The van der Waals surface area contributed by atoms with Gasteiger partial charge in [-0.2, -0.15) is 0 Å². The first-order valence-corrected chi connectivity index (χ1v) is 5.96. The van der Waals surface area contributed by atoms with Crippen molar-refractivity contribution in [3.8, 4) is 0 Å². The number of hydrogen-bond donors (Lipinski definition) is 4. The predicted molar refractivity (Wildman–Crippen MR) is 69.4 cm³/mol. The van der Waals surface area contributed by atoms with Crippen LogP contribution >= 0.6 is 0 Å². The van der Waals surface area contributed by atoms with Crippen LogP contribution in [-0.2, 0) is 14.4 Å². The first-order valence-electron chi connectivity index (χ1n) is 5.96. The van der Waals surface area contributed by atoms with E-state index in [0.29, 0.717) is 5.56 Å². The van der Waals surface area contributed by atoms with Crippen molar-refractivity contribution in [3.05, 3.63) is 35.9 Å². The number of nitrogens with two attached hydrogens (primary N) is 1. The summed E-state index contributed by atoms with van der Waals surface area (Å²) in [6.07, 6.45) is -1.76. The molecule has 1 aromatic rings. The van der Waals surface area contributed by atoms with Crippen molar-refractivity contribution in [1.82, 2.24) is 5.32 Å². The minimum Gasteiger partial charge on any atom is -0.480 e. The summed E-state index contributed by atoms with van der Waals surface area (Å²) in [6.45, 7) is 0. The lowest BCUT2D eigenvalue weighted by Crippen LogP contribution is -2.43. The number of aliphatic carboxylic acids is 1. The van der Waals surface area contributed by atoms with Crippen molar-refractivity contribution in [2.75, 3.05) is 0 Å². The van der Waals surface area contributed by atoms with Gasteiger partial charge in [-0.1, -0.05) is 30.3 Å². The van der Waals surface area contributed by atoms with E-state index in [0.717, 1.165) is 0 Å². The normalized spacial score (nSPS) is 13.2. The average molecular weight is 280 g/mol. The van der Waals surface area contributed by atoms with Crippen LogP contribution in [0.5, 0.6) is 0 Å². The molecule has 0 aliphatic heterocycles. The van der Waals surface area contributed by atoms with E-state index < -0.39 is 29.9 Å². The number of nitrogens with one attached hydrogen (secondary N) is 1. The molecule has 0 saturated heterocycles. The minimum absolute atomic E-state index is 0.127. The number of carbonyl (C=O) groups excluding carboxylic acids is 2. The molecule has 108 valence electrons. The van der Waals surface area contributed by atoms with E-state index in [-0.39, 0.29) is 12.8 Å². The third-order valence-electron chi connectivity index (χ3n) is 2.66. The molecule has 0 bridgehead atoms. The van der Waals surface area contributed by atoms with Crippen molar-refractivity contribution in [2.24, 2.45) is 5.73 Å². The highest BCUT2D eigenvalue weighted by Gasteiger charge is 2.25. The van der Waals surface area contributed by atoms with Crippen molar-refractivity contribution in [3.63, 3.8) is 0 Å². The average Bonchev–Trinajstić information content (AvgIpc) is 2.42. The highest BCUT2D eigenvalue weighted by molar-refractivity contribution is 5.87. The summed E-state index contributed by atoms with van der Waals surface area (Å²) < 4.78 is 0. The van der Waals surface area contributed by atoms with E-state index in [1.807, 2.05) is 0 Å². The van der Waals surface area contributed by atoms with Crippen LogP contribution in [0.15, 0.2) is 30.3 Å². The highest BCUT2D eigenvalue weighted by atomic mass is 16.4. The number of primary amides is 1. The smallest absolute Gasteiger partial charge is 0.326 e. The molecule has 7 nitrogen and oxygen atoms in total. The molecule has 0 aliphatic carbocycles. The predicted octanol–water partition coefficient (Wildman–Crippen LogP) is -0.445. The number of hydrogen-bond acceptors (Lipinski definition) is 4. The first-order chi connectivity index (χ1) is 9.41. The zero-order valence-electron chi connectivity index (χ0n) is 10.7. The van der Waals surface area contributed by atoms with E-state index in [4.69, 9.17) is 10.8 Å². The summed E-state index contributed by atoms with van der Waals surface area (Å²) in [5, 5.41) is 20.9. The molecule has 2 unspecified atom stereocenters. The van der Waals surface area contributed by atoms with Crippen LogP contribution in [-0.4, -0.2) is 34.0 Å². The van der Waals surface area contributed by atoms with Crippen LogP contribution in [0.25, 0.3) is 0 Å². The van der Waals surface area contributed by atoms with E-state index in [9.17, 15) is 19.5 Å². The lowest BCUT2D eigenvalue weighted by molar-refractivity contribution is -0.143. The zero-order chi connectivity index (χ0) is 15.1. The molecule has 0 spiro atoms. The molecule has 0 aromatic heterocycles. The van der Waals surface area contributed by atoms with Gasteiger partial charge in [-0.05, 0) is 12.0 Å². The third kappa shape index (κ3) is 4.69. The summed E-state index contributed by atoms with van der Waals surface area (Å²) in [7, 11) is 0. The molecule has 1 aromatic carbocycles. The number of benzene rings is 1. The fraction of sp³-hybridized carbons (Fsp3) is 0.308. The van der Waals surface area contributed by atoms with Gasteiger partial charge in [-0.25, -0.2) is 4.79 Å². The van der Waals surface area contributed by atoms with Gasteiger partial charge >= 0.3 is 5.97 Å². The molecule has 2 atom stereocenters. The third-order valence-corrected chi connectivity index (χ3v) is 2.66. The van der Waals surface area contributed by atoms with Gasteiger partial charge in [0.2, 0.25) is 5.91 Å². The van der Waals surface area contributed by atoms with Crippen molar-refractivity contribution in [2.45, 2.75) is 25.0 Å². The number of rotatable bonds is 7. The van der Waals surface area contributed by atoms with Crippen LogP contribution in [0.1, 0.15) is 24.5 Å². The fourth-order valence-electron chi connectivity index (χ4n) is 1.58. The molecule has 0 fully saturated rings. The molecule has 0 saturated carbocycles. The van der Waals surface area contributed by atoms with E-state index in [1.165, 1.54) is 0 Å². The molecule has 0 heterocycles. The van der Waals surface area contributed by atoms with Gasteiger partial charge in [0.1, 0.15) is 6.04 Å². The maximum atomic E-state index is 11.8. The summed E-state index contributed by atoms with van der Waals surface area (Å²) in [6, 6.07) is 6.84. The Hall–Kier alpha value is -2.41. The van der Waals surface area contributed by atoms with Crippen LogP contribution in [0, 0.1) is 0 Å². The van der Waals surface area contributed by atoms with Gasteiger partial charge in [0.05, 0.1) is 0 Å². The van der Waals surface area contributed by atoms with E-state index in [2.05, 4.69) is 5.32 Å². The van der Waals surface area contributed by atoms with Crippen LogP contribution in [0.2, 0.25) is 0 Å². The number of carbonyl (C=O) groups is 3. The molecular weight excluding hydrogens is 264 g/mol. The molecule has 0 aliphatic rings. The van der Waals surface area contributed by atoms with Gasteiger partial charge in [-0.3, -0.25) is 9.59 Å². The van der Waals surface area contributed by atoms with Crippen LogP contribution in [0.4, 0.5) is 0 Å². The van der Waals surface area contributed by atoms with E-state index in [1.54, 1.807) is 30.3 Å². The molecule has 1 rings (SSSR count). The van der Waals surface area contributed by atoms with Crippen molar-refractivity contribution in [1.29, 1.82) is 0 Å². The number of aliphatic hydroxyl groups is 1. The first kappa shape index (κ1) is 15.6. The van der Waals surface area contributed by atoms with E-state index >= 15 is 0 Å². The fourth-order valence-corrected chi connectivity index (χ4v) is 1.58. The topological polar surface area (TPSA) is 130 Å². The standard InChI is InChI=1S/C13H16N2O5/c14-10(16)7-6-9(13(19)20)15-12(18)11(17)8-4-2-1-3-5-8/h1-5,9,11,17H,6-7H2,(H2,14,16)(H,15,18)(H,19,20). The number of amides is 2. The number of carboxylic acid groups (broad SMARTS) is 1. The van der Waals surface area contributed by atoms with Crippen LogP contribution < -0.4 is 11.1 Å².